The first-order valence-corrected chi connectivity index (χ1v) is 15.0. The lowest BCUT2D eigenvalue weighted by Gasteiger charge is -2.20. The van der Waals surface area contributed by atoms with Gasteiger partial charge in [-0.25, -0.2) is 9.59 Å². The number of pyridine rings is 1. The van der Waals surface area contributed by atoms with Crippen LogP contribution in [0.3, 0.4) is 0 Å². The molecular weight excluding hydrogens is 540 g/mol. The number of aryl methyl sites for hydroxylation is 1. The first-order chi connectivity index (χ1) is 21.0. The molecule has 7 heteroatoms. The van der Waals surface area contributed by atoms with E-state index in [-0.39, 0.29) is 17.9 Å². The van der Waals surface area contributed by atoms with Crippen molar-refractivity contribution in [2.75, 3.05) is 26.2 Å². The van der Waals surface area contributed by atoms with Crippen LogP contribution in [0.4, 0.5) is 0 Å². The molecule has 0 N–H and O–H groups in total. The van der Waals surface area contributed by atoms with Crippen LogP contribution in [0.25, 0.3) is 0 Å². The fourth-order valence-corrected chi connectivity index (χ4v) is 5.30. The highest BCUT2D eigenvalue weighted by Gasteiger charge is 2.27. The summed E-state index contributed by atoms with van der Waals surface area (Å²) < 4.78 is 17.8. The number of carbonyl (C=O) groups excluding carboxylic acids is 2. The van der Waals surface area contributed by atoms with Crippen LogP contribution >= 0.6 is 0 Å². The van der Waals surface area contributed by atoms with Gasteiger partial charge in [-0.1, -0.05) is 61.9 Å². The van der Waals surface area contributed by atoms with Gasteiger partial charge in [-0.2, -0.15) is 0 Å². The van der Waals surface area contributed by atoms with Crippen molar-refractivity contribution in [1.29, 1.82) is 0 Å². The van der Waals surface area contributed by atoms with Gasteiger partial charge in [0, 0.05) is 18.7 Å². The van der Waals surface area contributed by atoms with E-state index in [1.165, 1.54) is 12.8 Å². The third-order valence-electron chi connectivity index (χ3n) is 7.55. The third kappa shape index (κ3) is 7.87. The molecule has 2 heterocycles. The molecule has 1 fully saturated rings. The summed E-state index contributed by atoms with van der Waals surface area (Å²) in [6, 6.07) is 26.2. The van der Waals surface area contributed by atoms with Crippen molar-refractivity contribution in [1.82, 2.24) is 9.88 Å². The molecule has 0 unspecified atom stereocenters. The van der Waals surface area contributed by atoms with Crippen molar-refractivity contribution >= 4 is 11.9 Å². The maximum Gasteiger partial charge on any atom is 0.343 e. The smallest absolute Gasteiger partial charge is 0.343 e. The van der Waals surface area contributed by atoms with Crippen molar-refractivity contribution in [2.45, 2.75) is 46.0 Å². The van der Waals surface area contributed by atoms with Crippen LogP contribution in [0.5, 0.6) is 17.2 Å². The monoisotopic (exact) mass is 578 g/mol. The van der Waals surface area contributed by atoms with E-state index < -0.39 is 11.9 Å². The van der Waals surface area contributed by atoms with Crippen LogP contribution in [-0.2, 0) is 17.6 Å². The van der Waals surface area contributed by atoms with E-state index in [2.05, 4.69) is 4.90 Å². The summed E-state index contributed by atoms with van der Waals surface area (Å²) in [6.45, 7) is 6.86. The molecule has 0 atom stereocenters. The van der Waals surface area contributed by atoms with Crippen LogP contribution < -0.4 is 9.47 Å². The van der Waals surface area contributed by atoms with Crippen molar-refractivity contribution in [2.24, 2.45) is 0 Å². The second-order valence-corrected chi connectivity index (χ2v) is 10.8. The second kappa shape index (κ2) is 14.6. The largest absolute Gasteiger partial charge is 0.461 e. The topological polar surface area (TPSA) is 78.0 Å². The number of benzene rings is 3. The highest BCUT2D eigenvalue weighted by molar-refractivity contribution is 5.98. The van der Waals surface area contributed by atoms with Gasteiger partial charge < -0.3 is 14.2 Å². The van der Waals surface area contributed by atoms with Gasteiger partial charge in [0.15, 0.2) is 5.75 Å². The minimum absolute atomic E-state index is 0.185. The number of ether oxygens (including phenoxy) is 3. The SMILES string of the molecule is CCCc1nc(Cc2cccc(Oc3ccccc3)c2)c(C)c(C(=O)OCCN2CCCC2)c1OC(=O)c1ccccc1. The van der Waals surface area contributed by atoms with Gasteiger partial charge in [0.2, 0.25) is 0 Å². The number of aromatic nitrogens is 1. The lowest BCUT2D eigenvalue weighted by atomic mass is 9.98. The van der Waals surface area contributed by atoms with Gasteiger partial charge in [0.25, 0.3) is 0 Å². The Morgan fingerprint density at radius 1 is 0.837 bits per heavy atom. The Morgan fingerprint density at radius 2 is 1.53 bits per heavy atom. The minimum atomic E-state index is -0.538. The van der Waals surface area contributed by atoms with Crippen molar-refractivity contribution in [3.8, 4) is 17.2 Å². The summed E-state index contributed by atoms with van der Waals surface area (Å²) in [5.41, 5.74) is 3.57. The van der Waals surface area contributed by atoms with Gasteiger partial charge in [-0.15, -0.1) is 0 Å². The molecule has 0 saturated carbocycles. The van der Waals surface area contributed by atoms with Gasteiger partial charge in [0.05, 0.1) is 11.3 Å². The summed E-state index contributed by atoms with van der Waals surface area (Å²) >= 11 is 0. The Kier molecular flexibility index (Phi) is 10.2. The highest BCUT2D eigenvalue weighted by Crippen LogP contribution is 2.32. The molecule has 1 aromatic heterocycles. The molecule has 4 aromatic rings. The van der Waals surface area contributed by atoms with Crippen LogP contribution in [0.15, 0.2) is 84.9 Å². The fraction of sp³-hybridized carbons (Fsp3) is 0.306. The van der Waals surface area contributed by atoms with Crippen LogP contribution in [0, 0.1) is 6.92 Å². The van der Waals surface area contributed by atoms with Crippen LogP contribution in [0.2, 0.25) is 0 Å². The average Bonchev–Trinajstić information content (AvgIpc) is 3.54. The van der Waals surface area contributed by atoms with Crippen molar-refractivity contribution in [3.05, 3.63) is 119 Å². The first kappa shape index (κ1) is 30.0. The lowest BCUT2D eigenvalue weighted by molar-refractivity contribution is 0.0465. The first-order valence-electron chi connectivity index (χ1n) is 15.0. The molecule has 7 nitrogen and oxygen atoms in total. The molecule has 1 saturated heterocycles. The number of nitrogens with zero attached hydrogens (tertiary/aromatic N) is 2. The number of rotatable bonds is 12. The number of hydrogen-bond donors (Lipinski definition) is 0. The van der Waals surface area contributed by atoms with Gasteiger partial charge in [-0.05, 0) is 86.8 Å². The Labute approximate surface area is 253 Å². The molecule has 0 aliphatic carbocycles. The molecule has 0 spiro atoms. The highest BCUT2D eigenvalue weighted by atomic mass is 16.5. The minimum Gasteiger partial charge on any atom is -0.461 e. The molecule has 0 amide bonds. The van der Waals surface area contributed by atoms with Gasteiger partial charge in [-0.3, -0.25) is 9.88 Å². The Bertz CT molecular complexity index is 1530. The van der Waals surface area contributed by atoms with E-state index in [4.69, 9.17) is 19.2 Å². The molecule has 5 rings (SSSR count). The molecule has 1 aliphatic heterocycles. The van der Waals surface area contributed by atoms with Crippen LogP contribution in [-0.4, -0.2) is 48.1 Å². The number of likely N-dealkylation sites (tertiary alicyclic amines) is 1. The quantitative estimate of drug-likeness (QED) is 0.165. The Hall–Kier alpha value is -4.49. The number of hydrogen-bond acceptors (Lipinski definition) is 7. The lowest BCUT2D eigenvalue weighted by Crippen LogP contribution is -2.26. The maximum absolute atomic E-state index is 13.7. The molecule has 43 heavy (non-hydrogen) atoms. The van der Waals surface area contributed by atoms with E-state index in [1.54, 1.807) is 24.3 Å². The van der Waals surface area contributed by atoms with Crippen molar-refractivity contribution in [3.63, 3.8) is 0 Å². The molecule has 0 bridgehead atoms. The summed E-state index contributed by atoms with van der Waals surface area (Å²) in [5.74, 6) is 0.607. The number of carbonyl (C=O) groups is 2. The Balaban J connectivity index is 1.47. The van der Waals surface area contributed by atoms with Crippen LogP contribution in [0.1, 0.15) is 69.4 Å². The maximum atomic E-state index is 13.7. The summed E-state index contributed by atoms with van der Waals surface area (Å²) in [6.07, 6.45) is 4.09. The zero-order chi connectivity index (χ0) is 30.0. The third-order valence-corrected chi connectivity index (χ3v) is 7.55. The molecule has 0 radical (unpaired) electrons. The predicted octanol–water partition coefficient (Wildman–Crippen LogP) is 7.20. The zero-order valence-electron chi connectivity index (χ0n) is 24.9. The van der Waals surface area contributed by atoms with E-state index >= 15 is 0 Å². The fourth-order valence-electron chi connectivity index (χ4n) is 5.30. The number of esters is 2. The van der Waals surface area contributed by atoms with E-state index in [0.29, 0.717) is 42.0 Å². The molecule has 222 valence electrons. The molecular formula is C36H38N2O5. The summed E-state index contributed by atoms with van der Waals surface area (Å²) in [5, 5.41) is 0. The molecule has 1 aliphatic rings. The molecule has 3 aromatic carbocycles. The second-order valence-electron chi connectivity index (χ2n) is 10.8. The van der Waals surface area contributed by atoms with Crippen molar-refractivity contribution < 1.29 is 23.8 Å². The van der Waals surface area contributed by atoms with E-state index in [9.17, 15) is 9.59 Å². The van der Waals surface area contributed by atoms with E-state index in [1.807, 2.05) is 74.5 Å². The Morgan fingerprint density at radius 3 is 2.26 bits per heavy atom. The summed E-state index contributed by atoms with van der Waals surface area (Å²) in [7, 11) is 0. The predicted molar refractivity (Wildman–Crippen MR) is 166 cm³/mol. The summed E-state index contributed by atoms with van der Waals surface area (Å²) in [4.78, 5) is 34.2. The normalized spacial score (nSPS) is 13.1. The zero-order valence-corrected chi connectivity index (χ0v) is 24.9. The standard InChI is InChI=1S/C36H38N2O5/c1-3-13-31-34(43-35(39)28-15-6-4-7-16-28)33(36(40)41-23-22-38-20-10-11-21-38)26(2)32(37-31)25-27-14-12-19-30(24-27)42-29-17-8-5-9-18-29/h4-9,12,14-19,24H,3,10-11,13,20-23,25H2,1-2H3. The van der Waals surface area contributed by atoms with Gasteiger partial charge >= 0.3 is 11.9 Å². The number of para-hydroxylation sites is 1. The van der Waals surface area contributed by atoms with E-state index in [0.717, 1.165) is 36.5 Å². The van der Waals surface area contributed by atoms with Gasteiger partial charge in [0.1, 0.15) is 23.7 Å². The average molecular weight is 579 g/mol.